The molecule has 0 N–H and O–H groups in total. The van der Waals surface area contributed by atoms with Gasteiger partial charge >= 0.3 is 5.97 Å². The van der Waals surface area contributed by atoms with Crippen LogP contribution in [0.2, 0.25) is 0 Å². The van der Waals surface area contributed by atoms with Crippen LogP contribution in [0.5, 0.6) is 0 Å². The van der Waals surface area contributed by atoms with Gasteiger partial charge in [0.05, 0.1) is 19.7 Å². The molecule has 0 amide bonds. The summed E-state index contributed by atoms with van der Waals surface area (Å²) in [4.78, 5) is 23.6. The second-order valence-corrected chi connectivity index (χ2v) is 4.15. The zero-order valence-electron chi connectivity index (χ0n) is 10.7. The number of methoxy groups -OCH3 is 1. The molecule has 19 heavy (non-hydrogen) atoms. The maximum atomic E-state index is 11.4. The lowest BCUT2D eigenvalue weighted by atomic mass is 10.3. The van der Waals surface area contributed by atoms with Gasteiger partial charge in [-0.2, -0.15) is 5.26 Å². The van der Waals surface area contributed by atoms with Crippen LogP contribution in [0.1, 0.15) is 10.6 Å². The highest BCUT2D eigenvalue weighted by Gasteiger charge is 2.19. The first-order valence-electron chi connectivity index (χ1n) is 6.00. The SMILES string of the molecule is COC(=O)c1nccc(N2CCN(CC#N)CC2)n1. The maximum absolute atomic E-state index is 11.4. The van der Waals surface area contributed by atoms with Crippen LogP contribution in [-0.4, -0.2) is 60.7 Å². The Bertz CT molecular complexity index is 491. The standard InChI is InChI=1S/C12H15N5O2/c1-19-12(18)11-14-4-2-10(15-11)17-8-6-16(5-3-13)7-9-17/h2,4H,5-9H2,1H3. The van der Waals surface area contributed by atoms with E-state index in [0.717, 1.165) is 26.2 Å². The third kappa shape index (κ3) is 3.17. The highest BCUT2D eigenvalue weighted by atomic mass is 16.5. The van der Waals surface area contributed by atoms with Crippen LogP contribution >= 0.6 is 0 Å². The van der Waals surface area contributed by atoms with Crippen LogP contribution in [0, 0.1) is 11.3 Å². The summed E-state index contributed by atoms with van der Waals surface area (Å²) in [5.41, 5.74) is 0. The van der Waals surface area contributed by atoms with Crippen LogP contribution in [0.4, 0.5) is 5.82 Å². The number of hydrogen-bond donors (Lipinski definition) is 0. The van der Waals surface area contributed by atoms with Gasteiger partial charge in [0, 0.05) is 32.4 Å². The van der Waals surface area contributed by atoms with Crippen molar-refractivity contribution in [2.45, 2.75) is 0 Å². The highest BCUT2D eigenvalue weighted by molar-refractivity contribution is 5.85. The van der Waals surface area contributed by atoms with Crippen molar-refractivity contribution in [1.29, 1.82) is 5.26 Å². The number of ether oxygens (including phenoxy) is 1. The van der Waals surface area contributed by atoms with Crippen molar-refractivity contribution in [3.8, 4) is 6.07 Å². The normalized spacial score (nSPS) is 15.9. The van der Waals surface area contributed by atoms with Crippen molar-refractivity contribution in [3.63, 3.8) is 0 Å². The molecule has 2 rings (SSSR count). The minimum atomic E-state index is -0.537. The highest BCUT2D eigenvalue weighted by Crippen LogP contribution is 2.13. The average molecular weight is 261 g/mol. The van der Waals surface area contributed by atoms with Gasteiger partial charge in [-0.25, -0.2) is 14.8 Å². The van der Waals surface area contributed by atoms with Gasteiger partial charge in [-0.1, -0.05) is 0 Å². The molecule has 0 aromatic carbocycles. The Morgan fingerprint density at radius 3 is 2.84 bits per heavy atom. The molecule has 0 spiro atoms. The van der Waals surface area contributed by atoms with E-state index in [0.29, 0.717) is 12.4 Å². The molecule has 1 aromatic heterocycles. The van der Waals surface area contributed by atoms with Crippen molar-refractivity contribution < 1.29 is 9.53 Å². The van der Waals surface area contributed by atoms with Crippen LogP contribution < -0.4 is 4.90 Å². The van der Waals surface area contributed by atoms with E-state index in [4.69, 9.17) is 5.26 Å². The average Bonchev–Trinajstić information content (AvgIpc) is 2.48. The van der Waals surface area contributed by atoms with Crippen molar-refractivity contribution in [2.75, 3.05) is 44.7 Å². The lowest BCUT2D eigenvalue weighted by molar-refractivity contribution is 0.0586. The van der Waals surface area contributed by atoms with E-state index >= 15 is 0 Å². The number of esters is 1. The summed E-state index contributed by atoms with van der Waals surface area (Å²) < 4.78 is 4.60. The molecule has 0 radical (unpaired) electrons. The molecule has 1 saturated heterocycles. The summed E-state index contributed by atoms with van der Waals surface area (Å²) in [7, 11) is 1.30. The Morgan fingerprint density at radius 2 is 2.21 bits per heavy atom. The Hall–Kier alpha value is -2.20. The topological polar surface area (TPSA) is 82.4 Å². The maximum Gasteiger partial charge on any atom is 0.376 e. The molecule has 7 nitrogen and oxygen atoms in total. The Balaban J connectivity index is 2.03. The second-order valence-electron chi connectivity index (χ2n) is 4.15. The van der Waals surface area contributed by atoms with Crippen LogP contribution in [0.15, 0.2) is 12.3 Å². The number of aromatic nitrogens is 2. The zero-order valence-corrected chi connectivity index (χ0v) is 10.7. The Kier molecular flexibility index (Phi) is 4.26. The fourth-order valence-electron chi connectivity index (χ4n) is 1.95. The fraction of sp³-hybridized carbons (Fsp3) is 0.500. The van der Waals surface area contributed by atoms with E-state index in [1.807, 2.05) is 0 Å². The lowest BCUT2D eigenvalue weighted by Crippen LogP contribution is -2.46. The smallest absolute Gasteiger partial charge is 0.376 e. The molecule has 7 heteroatoms. The molecule has 0 aliphatic carbocycles. The quantitative estimate of drug-likeness (QED) is 0.555. The summed E-state index contributed by atoms with van der Waals surface area (Å²) in [5.74, 6) is 0.247. The summed E-state index contributed by atoms with van der Waals surface area (Å²) in [6.07, 6.45) is 1.55. The number of carbonyl (C=O) groups is 1. The van der Waals surface area contributed by atoms with E-state index in [1.54, 1.807) is 12.3 Å². The molecule has 1 aliphatic heterocycles. The minimum Gasteiger partial charge on any atom is -0.463 e. The number of anilines is 1. The number of piperazine rings is 1. The van der Waals surface area contributed by atoms with E-state index in [-0.39, 0.29) is 5.82 Å². The first-order chi connectivity index (χ1) is 9.24. The number of nitrogens with zero attached hydrogens (tertiary/aromatic N) is 5. The molecule has 100 valence electrons. The third-order valence-electron chi connectivity index (χ3n) is 3.00. The second kappa shape index (κ2) is 6.11. The van der Waals surface area contributed by atoms with E-state index in [1.165, 1.54) is 7.11 Å². The van der Waals surface area contributed by atoms with Gasteiger partial charge in [0.15, 0.2) is 0 Å². The molecule has 0 saturated carbocycles. The molecule has 1 aliphatic rings. The minimum absolute atomic E-state index is 0.0689. The van der Waals surface area contributed by atoms with E-state index < -0.39 is 5.97 Å². The molecular weight excluding hydrogens is 246 g/mol. The van der Waals surface area contributed by atoms with Crippen LogP contribution in [0.25, 0.3) is 0 Å². The van der Waals surface area contributed by atoms with Gasteiger partial charge in [0.25, 0.3) is 0 Å². The summed E-state index contributed by atoms with van der Waals surface area (Å²) in [6.45, 7) is 3.62. The number of hydrogen-bond acceptors (Lipinski definition) is 7. The van der Waals surface area contributed by atoms with Gasteiger partial charge in [-0.15, -0.1) is 0 Å². The molecule has 1 aromatic rings. The van der Waals surface area contributed by atoms with Crippen LogP contribution in [0.3, 0.4) is 0 Å². The van der Waals surface area contributed by atoms with Gasteiger partial charge < -0.3 is 9.64 Å². The van der Waals surface area contributed by atoms with Gasteiger partial charge in [-0.3, -0.25) is 4.90 Å². The van der Waals surface area contributed by atoms with Crippen LogP contribution in [-0.2, 0) is 4.74 Å². The predicted molar refractivity (Wildman–Crippen MR) is 67.6 cm³/mol. The van der Waals surface area contributed by atoms with Crippen molar-refractivity contribution in [3.05, 3.63) is 18.1 Å². The molecule has 0 atom stereocenters. The zero-order chi connectivity index (χ0) is 13.7. The monoisotopic (exact) mass is 261 g/mol. The van der Waals surface area contributed by atoms with E-state index in [9.17, 15) is 4.79 Å². The van der Waals surface area contributed by atoms with Gasteiger partial charge in [0.2, 0.25) is 5.82 Å². The summed E-state index contributed by atoms with van der Waals surface area (Å²) in [5, 5.41) is 8.65. The number of rotatable bonds is 3. The van der Waals surface area contributed by atoms with Crippen molar-refractivity contribution in [2.24, 2.45) is 0 Å². The first kappa shape index (κ1) is 13.2. The molecular formula is C12H15N5O2. The molecule has 2 heterocycles. The van der Waals surface area contributed by atoms with Gasteiger partial charge in [-0.05, 0) is 6.07 Å². The summed E-state index contributed by atoms with van der Waals surface area (Å²) in [6, 6.07) is 3.91. The predicted octanol–water partition coefficient (Wildman–Crippen LogP) is -0.0912. The summed E-state index contributed by atoms with van der Waals surface area (Å²) >= 11 is 0. The fourth-order valence-corrected chi connectivity index (χ4v) is 1.95. The number of nitriles is 1. The Morgan fingerprint density at radius 1 is 1.47 bits per heavy atom. The van der Waals surface area contributed by atoms with E-state index in [2.05, 4.69) is 30.6 Å². The molecule has 0 bridgehead atoms. The third-order valence-corrected chi connectivity index (χ3v) is 3.00. The Labute approximate surface area is 111 Å². The lowest BCUT2D eigenvalue weighted by Gasteiger charge is -2.34. The van der Waals surface area contributed by atoms with Crippen molar-refractivity contribution >= 4 is 11.8 Å². The number of carbonyl (C=O) groups excluding carboxylic acids is 1. The largest absolute Gasteiger partial charge is 0.463 e. The van der Waals surface area contributed by atoms with Crippen molar-refractivity contribution in [1.82, 2.24) is 14.9 Å². The molecule has 1 fully saturated rings. The van der Waals surface area contributed by atoms with Gasteiger partial charge in [0.1, 0.15) is 5.82 Å². The first-order valence-corrected chi connectivity index (χ1v) is 6.00. The molecule has 0 unspecified atom stereocenters.